The van der Waals surface area contributed by atoms with E-state index in [1.807, 2.05) is 6.92 Å². The van der Waals surface area contributed by atoms with Crippen molar-refractivity contribution in [1.29, 1.82) is 0 Å². The molecule has 0 aliphatic carbocycles. The first kappa shape index (κ1) is 25.2. The molecule has 1 N–H and O–H groups in total. The molecule has 0 radical (unpaired) electrons. The highest BCUT2D eigenvalue weighted by Gasteiger charge is 2.35. The average molecular weight is 573 g/mol. The third-order valence-corrected chi connectivity index (χ3v) is 6.08. The summed E-state index contributed by atoms with van der Waals surface area (Å²) in [4.78, 5) is 37.0. The van der Waals surface area contributed by atoms with Crippen molar-refractivity contribution in [3.8, 4) is 11.5 Å². The SMILES string of the molecule is CCOc1cc(/C=C2/NC(=O)N(c3ccc(Cl)cc3)C2=O)c(Br)cc1OCc1cccc([N+](=O)[O-])c1. The first-order chi connectivity index (χ1) is 17.3. The Morgan fingerprint density at radius 2 is 1.81 bits per heavy atom. The molecule has 1 aliphatic rings. The zero-order chi connectivity index (χ0) is 25.8. The number of hydrogen-bond acceptors (Lipinski definition) is 6. The van der Waals surface area contributed by atoms with E-state index in [-0.39, 0.29) is 18.0 Å². The van der Waals surface area contributed by atoms with Gasteiger partial charge in [-0.05, 0) is 60.5 Å². The number of imide groups is 1. The van der Waals surface area contributed by atoms with Crippen LogP contribution in [0.3, 0.4) is 0 Å². The number of nitrogens with zero attached hydrogens (tertiary/aromatic N) is 2. The van der Waals surface area contributed by atoms with Crippen LogP contribution in [0.1, 0.15) is 18.1 Å². The molecule has 1 fully saturated rings. The van der Waals surface area contributed by atoms with Gasteiger partial charge in [-0.15, -0.1) is 0 Å². The van der Waals surface area contributed by atoms with Gasteiger partial charge in [-0.3, -0.25) is 14.9 Å². The highest BCUT2D eigenvalue weighted by molar-refractivity contribution is 9.10. The molecule has 9 nitrogen and oxygen atoms in total. The number of nitrogens with one attached hydrogen (secondary N) is 1. The number of urea groups is 1. The molecular formula is C25H19BrClN3O6. The third kappa shape index (κ3) is 5.50. The van der Waals surface area contributed by atoms with E-state index in [4.69, 9.17) is 21.1 Å². The highest BCUT2D eigenvalue weighted by atomic mass is 79.9. The number of halogens is 2. The van der Waals surface area contributed by atoms with Crippen molar-refractivity contribution in [2.75, 3.05) is 11.5 Å². The maximum absolute atomic E-state index is 13.0. The number of nitro groups is 1. The molecule has 0 saturated carbocycles. The minimum Gasteiger partial charge on any atom is -0.490 e. The van der Waals surface area contributed by atoms with Gasteiger partial charge in [-0.25, -0.2) is 9.69 Å². The summed E-state index contributed by atoms with van der Waals surface area (Å²) < 4.78 is 12.2. The summed E-state index contributed by atoms with van der Waals surface area (Å²) in [6, 6.07) is 15.3. The lowest BCUT2D eigenvalue weighted by Gasteiger charge is -2.14. The Morgan fingerprint density at radius 1 is 1.08 bits per heavy atom. The Hall–Kier alpha value is -3.89. The topological polar surface area (TPSA) is 111 Å². The lowest BCUT2D eigenvalue weighted by atomic mass is 10.1. The van der Waals surface area contributed by atoms with Crippen LogP contribution >= 0.6 is 27.5 Å². The number of non-ortho nitro benzene ring substituents is 1. The van der Waals surface area contributed by atoms with E-state index in [0.717, 1.165) is 4.90 Å². The van der Waals surface area contributed by atoms with Gasteiger partial charge in [0.1, 0.15) is 12.3 Å². The fourth-order valence-electron chi connectivity index (χ4n) is 3.48. The third-order valence-electron chi connectivity index (χ3n) is 5.14. The van der Waals surface area contributed by atoms with Gasteiger partial charge in [0.25, 0.3) is 11.6 Å². The summed E-state index contributed by atoms with van der Waals surface area (Å²) in [6.45, 7) is 2.25. The van der Waals surface area contributed by atoms with Gasteiger partial charge in [0, 0.05) is 21.6 Å². The molecule has 36 heavy (non-hydrogen) atoms. The lowest BCUT2D eigenvalue weighted by Crippen LogP contribution is -2.30. The predicted molar refractivity (Wildman–Crippen MR) is 138 cm³/mol. The Balaban J connectivity index is 1.59. The number of benzene rings is 3. The van der Waals surface area contributed by atoms with Crippen LogP contribution in [0.2, 0.25) is 5.02 Å². The monoisotopic (exact) mass is 571 g/mol. The predicted octanol–water partition coefficient (Wildman–Crippen LogP) is 6.09. The van der Waals surface area contributed by atoms with Gasteiger partial charge in [-0.1, -0.05) is 39.7 Å². The minimum absolute atomic E-state index is 0.0276. The van der Waals surface area contributed by atoms with Gasteiger partial charge in [0.15, 0.2) is 11.5 Å². The fraction of sp³-hybridized carbons (Fsp3) is 0.120. The summed E-state index contributed by atoms with van der Waals surface area (Å²) in [5.74, 6) is 0.296. The van der Waals surface area contributed by atoms with E-state index in [0.29, 0.717) is 44.4 Å². The molecule has 0 aromatic heterocycles. The van der Waals surface area contributed by atoms with Crippen molar-refractivity contribution in [1.82, 2.24) is 5.32 Å². The number of amides is 3. The van der Waals surface area contributed by atoms with E-state index in [2.05, 4.69) is 21.2 Å². The highest BCUT2D eigenvalue weighted by Crippen LogP contribution is 2.36. The Kier molecular flexibility index (Phi) is 7.56. The van der Waals surface area contributed by atoms with Crippen LogP contribution in [0.5, 0.6) is 11.5 Å². The molecule has 184 valence electrons. The molecule has 0 atom stereocenters. The average Bonchev–Trinajstić information content (AvgIpc) is 3.13. The summed E-state index contributed by atoms with van der Waals surface area (Å²) in [7, 11) is 0. The second-order valence-electron chi connectivity index (χ2n) is 7.57. The Labute approximate surface area is 219 Å². The van der Waals surface area contributed by atoms with Crippen LogP contribution in [-0.2, 0) is 11.4 Å². The van der Waals surface area contributed by atoms with Crippen molar-refractivity contribution in [2.45, 2.75) is 13.5 Å². The van der Waals surface area contributed by atoms with Gasteiger partial charge in [0.2, 0.25) is 0 Å². The van der Waals surface area contributed by atoms with Gasteiger partial charge in [0.05, 0.1) is 17.2 Å². The molecule has 1 saturated heterocycles. The summed E-state index contributed by atoms with van der Waals surface area (Å²) >= 11 is 9.38. The number of hydrogen-bond donors (Lipinski definition) is 1. The van der Waals surface area contributed by atoms with Gasteiger partial charge >= 0.3 is 6.03 Å². The first-order valence-corrected chi connectivity index (χ1v) is 11.9. The zero-order valence-electron chi connectivity index (χ0n) is 18.9. The largest absolute Gasteiger partial charge is 0.490 e. The maximum Gasteiger partial charge on any atom is 0.333 e. The number of ether oxygens (including phenoxy) is 2. The van der Waals surface area contributed by atoms with E-state index in [1.165, 1.54) is 18.2 Å². The Bertz CT molecular complexity index is 1380. The molecule has 1 aliphatic heterocycles. The van der Waals surface area contributed by atoms with E-state index in [9.17, 15) is 19.7 Å². The van der Waals surface area contributed by atoms with E-state index < -0.39 is 16.9 Å². The van der Waals surface area contributed by atoms with Crippen LogP contribution in [0.25, 0.3) is 6.08 Å². The van der Waals surface area contributed by atoms with E-state index in [1.54, 1.807) is 48.5 Å². The zero-order valence-corrected chi connectivity index (χ0v) is 21.2. The van der Waals surface area contributed by atoms with Crippen LogP contribution < -0.4 is 19.7 Å². The molecule has 3 aromatic rings. The smallest absolute Gasteiger partial charge is 0.333 e. The van der Waals surface area contributed by atoms with Gasteiger partial charge in [-0.2, -0.15) is 0 Å². The van der Waals surface area contributed by atoms with Crippen molar-refractivity contribution in [2.24, 2.45) is 0 Å². The molecule has 3 aromatic carbocycles. The Morgan fingerprint density at radius 3 is 2.50 bits per heavy atom. The fourth-order valence-corrected chi connectivity index (χ4v) is 4.04. The molecule has 1 heterocycles. The number of anilines is 1. The standard InChI is InChI=1S/C25H19BrClN3O6/c1-2-35-22-12-16(11-21-24(31)29(25(32)28-21)18-8-6-17(27)7-9-18)20(26)13-23(22)36-14-15-4-3-5-19(10-15)30(33)34/h3-13H,2,14H2,1H3,(H,28,32)/b21-11+. The van der Waals surface area contributed by atoms with Crippen molar-refractivity contribution in [3.63, 3.8) is 0 Å². The number of carbonyl (C=O) groups excluding carboxylic acids is 2. The van der Waals surface area contributed by atoms with Crippen LogP contribution in [0.15, 0.2) is 70.8 Å². The molecule has 0 spiro atoms. The van der Waals surface area contributed by atoms with Crippen molar-refractivity contribution >= 4 is 56.9 Å². The summed E-state index contributed by atoms with van der Waals surface area (Å²) in [5.41, 5.74) is 1.64. The van der Waals surface area contributed by atoms with Crippen molar-refractivity contribution in [3.05, 3.63) is 97.1 Å². The molecular weight excluding hydrogens is 554 g/mol. The van der Waals surface area contributed by atoms with E-state index >= 15 is 0 Å². The second kappa shape index (κ2) is 10.8. The quantitative estimate of drug-likeness (QED) is 0.151. The molecule has 11 heteroatoms. The number of nitro benzene ring substituents is 1. The maximum atomic E-state index is 13.0. The van der Waals surface area contributed by atoms with Gasteiger partial charge < -0.3 is 14.8 Å². The number of rotatable bonds is 8. The first-order valence-electron chi connectivity index (χ1n) is 10.7. The molecule has 3 amide bonds. The van der Waals surface area contributed by atoms with Crippen LogP contribution in [0, 0.1) is 10.1 Å². The minimum atomic E-state index is -0.577. The normalized spacial score (nSPS) is 14.2. The molecule has 0 bridgehead atoms. The summed E-state index contributed by atoms with van der Waals surface area (Å²) in [6.07, 6.45) is 1.53. The summed E-state index contributed by atoms with van der Waals surface area (Å²) in [5, 5.41) is 14.1. The lowest BCUT2D eigenvalue weighted by molar-refractivity contribution is -0.384. The molecule has 0 unspecified atom stereocenters. The van der Waals surface area contributed by atoms with Crippen molar-refractivity contribution < 1.29 is 24.0 Å². The second-order valence-corrected chi connectivity index (χ2v) is 8.87. The van der Waals surface area contributed by atoms with Crippen LogP contribution in [-0.4, -0.2) is 23.5 Å². The molecule has 4 rings (SSSR count). The van der Waals surface area contributed by atoms with Crippen LogP contribution in [0.4, 0.5) is 16.2 Å². The number of carbonyl (C=O) groups is 2.